The van der Waals surface area contributed by atoms with Crippen LogP contribution in [0.1, 0.15) is 31.2 Å². The van der Waals surface area contributed by atoms with Crippen LogP contribution < -0.4 is 10.6 Å². The Balaban J connectivity index is 0.00000176. The minimum Gasteiger partial charge on any atom is -0.356 e. The van der Waals surface area contributed by atoms with Crippen LogP contribution in [0.25, 0.3) is 0 Å². The molecule has 0 aromatic heterocycles. The number of nitrogens with zero attached hydrogens (tertiary/aromatic N) is 1. The van der Waals surface area contributed by atoms with Crippen molar-refractivity contribution in [1.29, 1.82) is 0 Å². The predicted octanol–water partition coefficient (Wildman–Crippen LogP) is 3.34. The molecule has 0 heterocycles. The van der Waals surface area contributed by atoms with E-state index < -0.39 is 0 Å². The third kappa shape index (κ3) is 4.33. The number of hydrogen-bond donors (Lipinski definition) is 2. The zero-order valence-corrected chi connectivity index (χ0v) is 15.4. The average Bonchev–Trinajstić information content (AvgIpc) is 3.37. The molecule has 1 aromatic rings. The Morgan fingerprint density at radius 3 is 2.59 bits per heavy atom. The molecule has 2 fully saturated rings. The molecular formula is C17H25FIN3. The molecule has 0 radical (unpaired) electrons. The summed E-state index contributed by atoms with van der Waals surface area (Å²) in [6.45, 7) is 1.72. The number of nitrogens with one attached hydrogen (secondary N) is 2. The van der Waals surface area contributed by atoms with Crippen molar-refractivity contribution < 1.29 is 4.39 Å². The molecule has 0 saturated heterocycles. The van der Waals surface area contributed by atoms with Gasteiger partial charge in [-0.3, -0.25) is 4.99 Å². The summed E-state index contributed by atoms with van der Waals surface area (Å²) in [5, 5.41) is 6.72. The van der Waals surface area contributed by atoms with Crippen LogP contribution in [0.4, 0.5) is 4.39 Å². The lowest BCUT2D eigenvalue weighted by Crippen LogP contribution is -2.41. The second-order valence-corrected chi connectivity index (χ2v) is 6.33. The van der Waals surface area contributed by atoms with Crippen LogP contribution in [0.15, 0.2) is 29.3 Å². The highest BCUT2D eigenvalue weighted by molar-refractivity contribution is 14.0. The molecule has 0 spiro atoms. The van der Waals surface area contributed by atoms with Gasteiger partial charge in [0.1, 0.15) is 5.82 Å². The SMILES string of the molecule is CN=C(NCCc1ccccc1F)NCC1(C2CC2)CC1.I. The lowest BCUT2D eigenvalue weighted by atomic mass is 10.0. The number of benzene rings is 1. The maximum absolute atomic E-state index is 13.5. The van der Waals surface area contributed by atoms with E-state index >= 15 is 0 Å². The van der Waals surface area contributed by atoms with Gasteiger partial charge in [-0.15, -0.1) is 24.0 Å². The minimum absolute atomic E-state index is 0. The Labute approximate surface area is 149 Å². The van der Waals surface area contributed by atoms with Gasteiger partial charge in [-0.2, -0.15) is 0 Å². The van der Waals surface area contributed by atoms with Crippen molar-refractivity contribution in [1.82, 2.24) is 10.6 Å². The monoisotopic (exact) mass is 417 g/mol. The van der Waals surface area contributed by atoms with Crippen molar-refractivity contribution in [3.05, 3.63) is 35.6 Å². The zero-order valence-electron chi connectivity index (χ0n) is 13.1. The van der Waals surface area contributed by atoms with E-state index in [-0.39, 0.29) is 29.8 Å². The van der Waals surface area contributed by atoms with Crippen molar-refractivity contribution in [3.8, 4) is 0 Å². The van der Waals surface area contributed by atoms with Gasteiger partial charge >= 0.3 is 0 Å². The summed E-state index contributed by atoms with van der Waals surface area (Å²) < 4.78 is 13.5. The number of halogens is 2. The van der Waals surface area contributed by atoms with Crippen LogP contribution >= 0.6 is 24.0 Å². The van der Waals surface area contributed by atoms with E-state index in [2.05, 4.69) is 15.6 Å². The lowest BCUT2D eigenvalue weighted by Gasteiger charge is -2.18. The van der Waals surface area contributed by atoms with Gasteiger partial charge in [-0.1, -0.05) is 18.2 Å². The molecule has 1 aromatic carbocycles. The molecule has 3 nitrogen and oxygen atoms in total. The molecule has 5 heteroatoms. The minimum atomic E-state index is -0.132. The number of rotatable bonds is 6. The molecule has 0 aliphatic heterocycles. The molecule has 0 bridgehead atoms. The third-order valence-electron chi connectivity index (χ3n) is 4.81. The van der Waals surface area contributed by atoms with Crippen molar-refractivity contribution in [2.45, 2.75) is 32.1 Å². The smallest absolute Gasteiger partial charge is 0.191 e. The summed E-state index contributed by atoms with van der Waals surface area (Å²) in [5.41, 5.74) is 1.31. The topological polar surface area (TPSA) is 36.4 Å². The van der Waals surface area contributed by atoms with E-state index in [0.29, 0.717) is 18.4 Å². The van der Waals surface area contributed by atoms with Crippen LogP contribution in [-0.4, -0.2) is 26.1 Å². The zero-order chi connectivity index (χ0) is 14.7. The van der Waals surface area contributed by atoms with Crippen molar-refractivity contribution in [3.63, 3.8) is 0 Å². The first kappa shape index (κ1) is 17.5. The Morgan fingerprint density at radius 2 is 2.00 bits per heavy atom. The molecule has 22 heavy (non-hydrogen) atoms. The maximum atomic E-state index is 13.5. The standard InChI is InChI=1S/C17H24FN3.HI/c1-19-16(21-12-17(9-10-17)14-6-7-14)20-11-8-13-4-2-3-5-15(13)18;/h2-5,14H,6-12H2,1H3,(H2,19,20,21);1H. The molecular weight excluding hydrogens is 392 g/mol. The van der Waals surface area contributed by atoms with Gasteiger partial charge in [-0.05, 0) is 55.1 Å². The van der Waals surface area contributed by atoms with Crippen LogP contribution in [-0.2, 0) is 6.42 Å². The lowest BCUT2D eigenvalue weighted by molar-refractivity contribution is 0.431. The molecule has 3 rings (SSSR count). The predicted molar refractivity (Wildman–Crippen MR) is 99.3 cm³/mol. The largest absolute Gasteiger partial charge is 0.356 e. The first-order valence-corrected chi connectivity index (χ1v) is 7.91. The molecule has 0 amide bonds. The van der Waals surface area contributed by atoms with Gasteiger partial charge in [-0.25, -0.2) is 4.39 Å². The Morgan fingerprint density at radius 1 is 1.27 bits per heavy atom. The number of hydrogen-bond acceptors (Lipinski definition) is 1. The van der Waals surface area contributed by atoms with E-state index in [1.807, 2.05) is 12.1 Å². The Bertz CT molecular complexity index is 524. The van der Waals surface area contributed by atoms with Crippen molar-refractivity contribution in [2.75, 3.05) is 20.1 Å². The van der Waals surface area contributed by atoms with Crippen molar-refractivity contribution in [2.24, 2.45) is 16.3 Å². The molecule has 2 N–H and O–H groups in total. The van der Waals surface area contributed by atoms with Crippen LogP contribution in [0, 0.1) is 17.2 Å². The molecule has 0 atom stereocenters. The summed E-state index contributed by atoms with van der Waals surface area (Å²) >= 11 is 0. The van der Waals surface area contributed by atoms with Gasteiger partial charge < -0.3 is 10.6 Å². The number of guanidine groups is 1. The highest BCUT2D eigenvalue weighted by Gasteiger charge is 2.53. The van der Waals surface area contributed by atoms with Gasteiger partial charge in [0, 0.05) is 20.1 Å². The van der Waals surface area contributed by atoms with Gasteiger partial charge in [0.2, 0.25) is 0 Å². The summed E-state index contributed by atoms with van der Waals surface area (Å²) in [6, 6.07) is 6.94. The maximum Gasteiger partial charge on any atom is 0.191 e. The Kier molecular flexibility index (Phi) is 6.06. The highest BCUT2D eigenvalue weighted by Crippen LogP contribution is 2.60. The molecule has 2 aliphatic carbocycles. The highest BCUT2D eigenvalue weighted by atomic mass is 127. The van der Waals surface area contributed by atoms with Crippen LogP contribution in [0.2, 0.25) is 0 Å². The fourth-order valence-electron chi connectivity index (χ4n) is 3.08. The van der Waals surface area contributed by atoms with Gasteiger partial charge in [0.05, 0.1) is 0 Å². The normalized spacial score (nSPS) is 19.3. The second-order valence-electron chi connectivity index (χ2n) is 6.33. The van der Waals surface area contributed by atoms with Gasteiger partial charge in [0.15, 0.2) is 5.96 Å². The van der Waals surface area contributed by atoms with Gasteiger partial charge in [0.25, 0.3) is 0 Å². The molecule has 122 valence electrons. The second kappa shape index (κ2) is 7.62. The quantitative estimate of drug-likeness (QED) is 0.423. The summed E-state index contributed by atoms with van der Waals surface area (Å²) in [5.74, 6) is 1.65. The molecule has 2 saturated carbocycles. The van der Waals surface area contributed by atoms with E-state index in [4.69, 9.17) is 0 Å². The fraction of sp³-hybridized carbons (Fsp3) is 0.588. The van der Waals surface area contributed by atoms with Crippen molar-refractivity contribution >= 4 is 29.9 Å². The third-order valence-corrected chi connectivity index (χ3v) is 4.81. The first-order valence-electron chi connectivity index (χ1n) is 7.91. The Hall–Kier alpha value is -0.850. The van der Waals surface area contributed by atoms with Crippen LogP contribution in [0.5, 0.6) is 0 Å². The van der Waals surface area contributed by atoms with E-state index in [1.165, 1.54) is 31.7 Å². The summed E-state index contributed by atoms with van der Waals surface area (Å²) in [4.78, 5) is 4.25. The van der Waals surface area contributed by atoms with E-state index in [9.17, 15) is 4.39 Å². The molecule has 2 aliphatic rings. The van der Waals surface area contributed by atoms with E-state index in [1.54, 1.807) is 13.1 Å². The fourth-order valence-corrected chi connectivity index (χ4v) is 3.08. The molecule has 0 unspecified atom stereocenters. The van der Waals surface area contributed by atoms with E-state index in [0.717, 1.165) is 24.0 Å². The van der Waals surface area contributed by atoms with Crippen LogP contribution in [0.3, 0.4) is 0 Å². The first-order chi connectivity index (χ1) is 10.2. The summed E-state index contributed by atoms with van der Waals surface area (Å²) in [6.07, 6.45) is 6.19. The number of aliphatic imine (C=N–C) groups is 1. The average molecular weight is 417 g/mol. The summed E-state index contributed by atoms with van der Waals surface area (Å²) in [7, 11) is 1.79.